The molecule has 1 N–H and O–H groups in total. The zero-order valence-corrected chi connectivity index (χ0v) is 20.1. The molecule has 0 aliphatic heterocycles. The summed E-state index contributed by atoms with van der Waals surface area (Å²) in [5, 5.41) is 8.92. The van der Waals surface area contributed by atoms with E-state index in [-0.39, 0.29) is 0 Å². The SMILES string of the molecule is C=C/C(=C\C=C(/C)c1nc(CCOc2ccc(OC(C)C(=O)O)cc2)c(C)o1)Oc1ccccc1. The number of nitrogens with zero attached hydrogens (tertiary/aromatic N) is 1. The Morgan fingerprint density at radius 1 is 1.09 bits per heavy atom. The summed E-state index contributed by atoms with van der Waals surface area (Å²) >= 11 is 0. The van der Waals surface area contributed by atoms with Crippen LogP contribution in [-0.2, 0) is 11.2 Å². The van der Waals surface area contributed by atoms with Crippen LogP contribution in [0.1, 0.15) is 31.2 Å². The molecule has 0 fully saturated rings. The molecule has 0 saturated carbocycles. The van der Waals surface area contributed by atoms with E-state index in [1.54, 1.807) is 30.3 Å². The number of rotatable bonds is 12. The molecule has 1 heterocycles. The fourth-order valence-corrected chi connectivity index (χ4v) is 3.01. The van der Waals surface area contributed by atoms with E-state index in [1.807, 2.05) is 56.3 Å². The van der Waals surface area contributed by atoms with E-state index in [9.17, 15) is 4.79 Å². The van der Waals surface area contributed by atoms with Crippen molar-refractivity contribution in [3.8, 4) is 17.2 Å². The first-order valence-electron chi connectivity index (χ1n) is 11.2. The summed E-state index contributed by atoms with van der Waals surface area (Å²) in [4.78, 5) is 15.5. The first-order chi connectivity index (χ1) is 16.9. The number of carboxylic acid groups (broad SMARTS) is 1. The van der Waals surface area contributed by atoms with Gasteiger partial charge >= 0.3 is 5.97 Å². The highest BCUT2D eigenvalue weighted by Crippen LogP contribution is 2.21. The molecular formula is C28H29NO6. The Bertz CT molecular complexity index is 1190. The van der Waals surface area contributed by atoms with E-state index in [0.717, 1.165) is 22.8 Å². The Morgan fingerprint density at radius 3 is 2.43 bits per heavy atom. The predicted octanol–water partition coefficient (Wildman–Crippen LogP) is 6.01. The van der Waals surface area contributed by atoms with Gasteiger partial charge in [0.2, 0.25) is 5.89 Å². The third-order valence-electron chi connectivity index (χ3n) is 5.00. The summed E-state index contributed by atoms with van der Waals surface area (Å²) in [5.41, 5.74) is 1.67. The van der Waals surface area contributed by atoms with Crippen molar-refractivity contribution in [2.24, 2.45) is 0 Å². The molecule has 1 aromatic heterocycles. The molecule has 0 aliphatic rings. The number of aliphatic carboxylic acids is 1. The van der Waals surface area contributed by atoms with Gasteiger partial charge < -0.3 is 23.7 Å². The van der Waals surface area contributed by atoms with Gasteiger partial charge in [0.05, 0.1) is 12.3 Å². The second-order valence-corrected chi connectivity index (χ2v) is 7.73. The maximum atomic E-state index is 10.9. The van der Waals surface area contributed by atoms with Crippen molar-refractivity contribution in [3.63, 3.8) is 0 Å². The van der Waals surface area contributed by atoms with Gasteiger partial charge in [-0.25, -0.2) is 9.78 Å². The number of allylic oxidation sites excluding steroid dienone is 4. The highest BCUT2D eigenvalue weighted by Gasteiger charge is 2.13. The normalized spacial score (nSPS) is 12.7. The molecule has 0 aliphatic carbocycles. The van der Waals surface area contributed by atoms with E-state index in [2.05, 4.69) is 11.6 Å². The Kier molecular flexibility index (Phi) is 8.89. The largest absolute Gasteiger partial charge is 0.493 e. The smallest absolute Gasteiger partial charge is 0.344 e. The molecule has 7 heteroatoms. The van der Waals surface area contributed by atoms with Gasteiger partial charge in [-0.2, -0.15) is 0 Å². The number of hydrogen-bond acceptors (Lipinski definition) is 6. The molecule has 2 aromatic carbocycles. The van der Waals surface area contributed by atoms with Gasteiger partial charge in [-0.15, -0.1) is 0 Å². The van der Waals surface area contributed by atoms with Gasteiger partial charge in [0, 0.05) is 12.0 Å². The number of carbonyl (C=O) groups is 1. The van der Waals surface area contributed by atoms with Crippen LogP contribution < -0.4 is 14.2 Å². The summed E-state index contributed by atoms with van der Waals surface area (Å²) < 4.78 is 22.8. The first kappa shape index (κ1) is 25.4. The van der Waals surface area contributed by atoms with Gasteiger partial charge in [0.25, 0.3) is 0 Å². The number of benzene rings is 2. The van der Waals surface area contributed by atoms with Crippen LogP contribution in [0.25, 0.3) is 5.57 Å². The lowest BCUT2D eigenvalue weighted by Gasteiger charge is -2.11. The second-order valence-electron chi connectivity index (χ2n) is 7.73. The maximum Gasteiger partial charge on any atom is 0.344 e. The Balaban J connectivity index is 1.56. The van der Waals surface area contributed by atoms with Crippen LogP contribution in [0.4, 0.5) is 0 Å². The minimum absolute atomic E-state index is 0.409. The Morgan fingerprint density at radius 2 is 1.77 bits per heavy atom. The molecule has 3 aromatic rings. The molecule has 7 nitrogen and oxygen atoms in total. The van der Waals surface area contributed by atoms with Crippen molar-refractivity contribution in [1.82, 2.24) is 4.98 Å². The Hall–Kier alpha value is -4.26. The number of aryl methyl sites for hydroxylation is 1. The molecule has 0 amide bonds. The van der Waals surface area contributed by atoms with Crippen LogP contribution in [-0.4, -0.2) is 28.8 Å². The van der Waals surface area contributed by atoms with Crippen molar-refractivity contribution in [2.45, 2.75) is 33.3 Å². The van der Waals surface area contributed by atoms with Gasteiger partial charge in [-0.1, -0.05) is 30.9 Å². The highest BCUT2D eigenvalue weighted by atomic mass is 16.5. The summed E-state index contributed by atoms with van der Waals surface area (Å²) in [7, 11) is 0. The number of aromatic nitrogens is 1. The molecule has 0 spiro atoms. The average molecular weight is 476 g/mol. The molecule has 3 rings (SSSR count). The van der Waals surface area contributed by atoms with Crippen molar-refractivity contribution in [1.29, 1.82) is 0 Å². The van der Waals surface area contributed by atoms with Crippen LogP contribution in [0, 0.1) is 6.92 Å². The standard InChI is InChI=1S/C28H29NO6/c1-5-22(35-24-9-7-6-8-10-24)12-11-19(2)27-29-26(20(3)34-27)17-18-32-23-13-15-25(16-14-23)33-21(4)28(30)31/h5-16,21H,1,17-18H2,2-4H3,(H,30,31)/b19-11+,22-12+. The second kappa shape index (κ2) is 12.3. The lowest BCUT2D eigenvalue weighted by atomic mass is 10.2. The van der Waals surface area contributed by atoms with Crippen molar-refractivity contribution >= 4 is 11.5 Å². The van der Waals surface area contributed by atoms with Gasteiger partial charge in [-0.05, 0) is 69.3 Å². The third-order valence-corrected chi connectivity index (χ3v) is 5.00. The van der Waals surface area contributed by atoms with Crippen LogP contribution >= 0.6 is 0 Å². The van der Waals surface area contributed by atoms with E-state index < -0.39 is 12.1 Å². The molecule has 1 atom stereocenters. The van der Waals surface area contributed by atoms with Gasteiger partial charge in [0.1, 0.15) is 28.8 Å². The van der Waals surface area contributed by atoms with E-state index >= 15 is 0 Å². The van der Waals surface area contributed by atoms with E-state index in [1.165, 1.54) is 6.92 Å². The van der Waals surface area contributed by atoms with Crippen LogP contribution in [0.3, 0.4) is 0 Å². The van der Waals surface area contributed by atoms with E-state index in [4.69, 9.17) is 23.7 Å². The van der Waals surface area contributed by atoms with Gasteiger partial charge in [0.15, 0.2) is 6.10 Å². The molecule has 182 valence electrons. The summed E-state index contributed by atoms with van der Waals surface area (Å²) in [5.74, 6) is 2.71. The van der Waals surface area contributed by atoms with E-state index in [0.29, 0.717) is 36.2 Å². The van der Waals surface area contributed by atoms with Gasteiger partial charge in [-0.3, -0.25) is 0 Å². The number of carboxylic acids is 1. The minimum Gasteiger partial charge on any atom is -0.493 e. The molecule has 35 heavy (non-hydrogen) atoms. The first-order valence-corrected chi connectivity index (χ1v) is 11.2. The molecule has 0 saturated heterocycles. The van der Waals surface area contributed by atoms with Crippen molar-refractivity contribution in [2.75, 3.05) is 6.61 Å². The quantitative estimate of drug-likeness (QED) is 0.253. The summed E-state index contributed by atoms with van der Waals surface area (Å²) in [6, 6.07) is 16.3. The average Bonchev–Trinajstić information content (AvgIpc) is 3.23. The van der Waals surface area contributed by atoms with Crippen molar-refractivity contribution in [3.05, 3.63) is 103 Å². The number of hydrogen-bond donors (Lipinski definition) is 1. The summed E-state index contributed by atoms with van der Waals surface area (Å²) in [6.07, 6.45) is 5.00. The maximum absolute atomic E-state index is 10.9. The predicted molar refractivity (Wildman–Crippen MR) is 134 cm³/mol. The van der Waals surface area contributed by atoms with Crippen LogP contribution in [0.5, 0.6) is 17.2 Å². The topological polar surface area (TPSA) is 91.0 Å². The lowest BCUT2D eigenvalue weighted by molar-refractivity contribution is -0.144. The fourth-order valence-electron chi connectivity index (χ4n) is 3.01. The van der Waals surface area contributed by atoms with Crippen LogP contribution in [0.2, 0.25) is 0 Å². The fraction of sp³-hybridized carbons (Fsp3) is 0.214. The molecule has 0 radical (unpaired) electrons. The highest BCUT2D eigenvalue weighted by molar-refractivity contribution is 5.72. The monoisotopic (exact) mass is 475 g/mol. The number of ether oxygens (including phenoxy) is 3. The zero-order valence-electron chi connectivity index (χ0n) is 20.1. The van der Waals surface area contributed by atoms with Crippen LogP contribution in [0.15, 0.2) is 89.6 Å². The summed E-state index contributed by atoms with van der Waals surface area (Å²) in [6.45, 7) is 9.48. The number of oxazole rings is 1. The Labute approximate surface area is 205 Å². The zero-order chi connectivity index (χ0) is 25.2. The molecule has 1 unspecified atom stereocenters. The molecule has 0 bridgehead atoms. The lowest BCUT2D eigenvalue weighted by Crippen LogP contribution is -2.22. The third kappa shape index (κ3) is 7.64. The van der Waals surface area contributed by atoms with Crippen molar-refractivity contribution < 1.29 is 28.5 Å². The number of para-hydroxylation sites is 1. The minimum atomic E-state index is -1.02. The molecular weight excluding hydrogens is 446 g/mol.